The van der Waals surface area contributed by atoms with Gasteiger partial charge in [-0.1, -0.05) is 18.2 Å². The fourth-order valence-corrected chi connectivity index (χ4v) is 1.89. The number of benzene rings is 1. The fourth-order valence-electron chi connectivity index (χ4n) is 1.89. The van der Waals surface area contributed by atoms with Crippen molar-refractivity contribution in [3.63, 3.8) is 0 Å². The van der Waals surface area contributed by atoms with Gasteiger partial charge in [-0.2, -0.15) is 5.10 Å². The highest BCUT2D eigenvalue weighted by Crippen LogP contribution is 2.26. The first-order valence-corrected chi connectivity index (χ1v) is 5.65. The predicted octanol–water partition coefficient (Wildman–Crippen LogP) is 2.52. The zero-order valence-electron chi connectivity index (χ0n) is 9.69. The molecule has 0 radical (unpaired) electrons. The molecular formula is C14H12N4. The van der Waals surface area contributed by atoms with Crippen molar-refractivity contribution in [2.45, 2.75) is 0 Å². The lowest BCUT2D eigenvalue weighted by molar-refractivity contribution is 0.891. The maximum Gasteiger partial charge on any atom is 0.135 e. The van der Waals surface area contributed by atoms with Crippen LogP contribution in [0.3, 0.4) is 0 Å². The van der Waals surface area contributed by atoms with Crippen molar-refractivity contribution in [3.05, 3.63) is 61.1 Å². The normalized spacial score (nSPS) is 10.4. The number of hydrogen-bond donors (Lipinski definition) is 1. The van der Waals surface area contributed by atoms with Crippen LogP contribution in [0.5, 0.6) is 0 Å². The summed E-state index contributed by atoms with van der Waals surface area (Å²) in [6.07, 6.45) is 5.26. The van der Waals surface area contributed by atoms with Crippen LogP contribution < -0.4 is 5.73 Å². The van der Waals surface area contributed by atoms with E-state index in [2.05, 4.69) is 10.1 Å². The third-order valence-corrected chi connectivity index (χ3v) is 2.80. The molecule has 0 fully saturated rings. The van der Waals surface area contributed by atoms with E-state index in [1.165, 1.54) is 0 Å². The number of aromatic nitrogens is 3. The molecule has 0 saturated heterocycles. The monoisotopic (exact) mass is 236 g/mol. The minimum Gasteiger partial charge on any atom is -0.383 e. The third-order valence-electron chi connectivity index (χ3n) is 2.80. The van der Waals surface area contributed by atoms with E-state index in [9.17, 15) is 0 Å². The van der Waals surface area contributed by atoms with Crippen LogP contribution in [0.15, 0.2) is 61.1 Å². The standard InChI is InChI=1S/C14H12N4/c15-14-13(11-6-8-16-9-7-11)10-17-18(14)12-4-2-1-3-5-12/h1-10H,15H2. The summed E-state index contributed by atoms with van der Waals surface area (Å²) in [6.45, 7) is 0. The van der Waals surface area contributed by atoms with Crippen LogP contribution in [0.2, 0.25) is 0 Å². The first kappa shape index (κ1) is 10.5. The van der Waals surface area contributed by atoms with Gasteiger partial charge in [0.15, 0.2) is 0 Å². The molecule has 2 N–H and O–H groups in total. The van der Waals surface area contributed by atoms with Gasteiger partial charge in [-0.3, -0.25) is 4.98 Å². The number of anilines is 1. The second-order valence-corrected chi connectivity index (χ2v) is 3.93. The number of nitrogen functional groups attached to an aromatic ring is 1. The Morgan fingerprint density at radius 3 is 2.39 bits per heavy atom. The van der Waals surface area contributed by atoms with Crippen molar-refractivity contribution in [1.29, 1.82) is 0 Å². The smallest absolute Gasteiger partial charge is 0.135 e. The molecular weight excluding hydrogens is 224 g/mol. The Balaban J connectivity index is 2.09. The van der Waals surface area contributed by atoms with E-state index in [-0.39, 0.29) is 0 Å². The van der Waals surface area contributed by atoms with Crippen molar-refractivity contribution < 1.29 is 0 Å². The molecule has 1 aromatic carbocycles. The quantitative estimate of drug-likeness (QED) is 0.743. The van der Waals surface area contributed by atoms with E-state index in [0.717, 1.165) is 16.8 Å². The lowest BCUT2D eigenvalue weighted by Crippen LogP contribution is -2.01. The first-order valence-electron chi connectivity index (χ1n) is 5.65. The average molecular weight is 236 g/mol. The molecule has 0 bridgehead atoms. The van der Waals surface area contributed by atoms with Gasteiger partial charge in [0.05, 0.1) is 11.9 Å². The molecule has 0 atom stereocenters. The number of hydrogen-bond acceptors (Lipinski definition) is 3. The average Bonchev–Trinajstić information content (AvgIpc) is 2.83. The maximum absolute atomic E-state index is 6.15. The number of rotatable bonds is 2. The highest BCUT2D eigenvalue weighted by atomic mass is 15.3. The molecule has 0 aliphatic rings. The molecule has 0 saturated carbocycles. The predicted molar refractivity (Wildman–Crippen MR) is 71.2 cm³/mol. The molecule has 18 heavy (non-hydrogen) atoms. The van der Waals surface area contributed by atoms with Gasteiger partial charge in [0.25, 0.3) is 0 Å². The van der Waals surface area contributed by atoms with Gasteiger partial charge < -0.3 is 5.73 Å². The Morgan fingerprint density at radius 2 is 1.67 bits per heavy atom. The fraction of sp³-hybridized carbons (Fsp3) is 0. The number of para-hydroxylation sites is 1. The van der Waals surface area contributed by atoms with Crippen LogP contribution in [-0.4, -0.2) is 14.8 Å². The van der Waals surface area contributed by atoms with E-state index in [0.29, 0.717) is 5.82 Å². The van der Waals surface area contributed by atoms with Gasteiger partial charge >= 0.3 is 0 Å². The Kier molecular flexibility index (Phi) is 2.53. The molecule has 0 aliphatic heterocycles. The summed E-state index contributed by atoms with van der Waals surface area (Å²) in [5.74, 6) is 0.632. The number of nitrogens with zero attached hydrogens (tertiary/aromatic N) is 3. The van der Waals surface area contributed by atoms with Crippen molar-refractivity contribution in [2.75, 3.05) is 5.73 Å². The zero-order valence-corrected chi connectivity index (χ0v) is 9.69. The lowest BCUT2D eigenvalue weighted by Gasteiger charge is -2.04. The summed E-state index contributed by atoms with van der Waals surface area (Å²) < 4.78 is 1.73. The van der Waals surface area contributed by atoms with Crippen molar-refractivity contribution >= 4 is 5.82 Å². The molecule has 88 valence electrons. The summed E-state index contributed by atoms with van der Waals surface area (Å²) >= 11 is 0. The van der Waals surface area contributed by atoms with E-state index in [1.807, 2.05) is 42.5 Å². The van der Waals surface area contributed by atoms with Crippen LogP contribution in [0, 0.1) is 0 Å². The van der Waals surface area contributed by atoms with Gasteiger partial charge in [0.2, 0.25) is 0 Å². The SMILES string of the molecule is Nc1c(-c2ccncc2)cnn1-c1ccccc1. The highest BCUT2D eigenvalue weighted by molar-refractivity contribution is 5.74. The van der Waals surface area contributed by atoms with Gasteiger partial charge in [-0.15, -0.1) is 0 Å². The van der Waals surface area contributed by atoms with Crippen molar-refractivity contribution in [2.24, 2.45) is 0 Å². The van der Waals surface area contributed by atoms with Gasteiger partial charge in [0.1, 0.15) is 5.82 Å². The maximum atomic E-state index is 6.15. The second kappa shape index (κ2) is 4.33. The van der Waals surface area contributed by atoms with E-state index in [4.69, 9.17) is 5.73 Å². The van der Waals surface area contributed by atoms with Crippen molar-refractivity contribution in [3.8, 4) is 16.8 Å². The Labute approximate surface area is 105 Å². The Hall–Kier alpha value is -2.62. The van der Waals surface area contributed by atoms with Crippen molar-refractivity contribution in [1.82, 2.24) is 14.8 Å². The third kappa shape index (κ3) is 1.73. The van der Waals surface area contributed by atoms with Crippen LogP contribution in [-0.2, 0) is 0 Å². The van der Waals surface area contributed by atoms with Crippen LogP contribution >= 0.6 is 0 Å². The lowest BCUT2D eigenvalue weighted by atomic mass is 10.1. The summed E-state index contributed by atoms with van der Waals surface area (Å²) in [6, 6.07) is 13.7. The Morgan fingerprint density at radius 1 is 0.944 bits per heavy atom. The summed E-state index contributed by atoms with van der Waals surface area (Å²) in [4.78, 5) is 4.00. The van der Waals surface area contributed by atoms with E-state index in [1.54, 1.807) is 23.3 Å². The minimum absolute atomic E-state index is 0.632. The molecule has 0 spiro atoms. The molecule has 3 rings (SSSR count). The zero-order chi connectivity index (χ0) is 12.4. The molecule has 4 heteroatoms. The molecule has 0 unspecified atom stereocenters. The minimum atomic E-state index is 0.632. The van der Waals surface area contributed by atoms with Gasteiger partial charge in [-0.05, 0) is 29.8 Å². The number of pyridine rings is 1. The molecule has 0 amide bonds. The van der Waals surface area contributed by atoms with E-state index >= 15 is 0 Å². The largest absolute Gasteiger partial charge is 0.383 e. The topological polar surface area (TPSA) is 56.7 Å². The second-order valence-electron chi connectivity index (χ2n) is 3.93. The van der Waals surface area contributed by atoms with Crippen LogP contribution in [0.4, 0.5) is 5.82 Å². The highest BCUT2D eigenvalue weighted by Gasteiger charge is 2.10. The summed E-state index contributed by atoms with van der Waals surface area (Å²) in [5.41, 5.74) is 9.04. The molecule has 3 aromatic rings. The van der Waals surface area contributed by atoms with E-state index < -0.39 is 0 Å². The first-order chi connectivity index (χ1) is 8.86. The van der Waals surface area contributed by atoms with Gasteiger partial charge in [-0.25, -0.2) is 4.68 Å². The molecule has 0 aliphatic carbocycles. The molecule has 2 aromatic heterocycles. The Bertz CT molecular complexity index is 587. The van der Waals surface area contributed by atoms with Crippen LogP contribution in [0.1, 0.15) is 0 Å². The molecule has 2 heterocycles. The summed E-state index contributed by atoms with van der Waals surface area (Å²) in [7, 11) is 0. The number of nitrogens with two attached hydrogens (primary N) is 1. The summed E-state index contributed by atoms with van der Waals surface area (Å²) in [5, 5.41) is 4.33. The van der Waals surface area contributed by atoms with Gasteiger partial charge in [0, 0.05) is 18.0 Å². The molecule has 4 nitrogen and oxygen atoms in total. The van der Waals surface area contributed by atoms with Crippen LogP contribution in [0.25, 0.3) is 16.8 Å².